The van der Waals surface area contributed by atoms with Gasteiger partial charge in [0.25, 0.3) is 0 Å². The van der Waals surface area contributed by atoms with Crippen LogP contribution in [0.1, 0.15) is 11.1 Å². The Labute approximate surface area is 111 Å². The Balaban J connectivity index is 3.01. The molecule has 0 aliphatic rings. The van der Waals surface area contributed by atoms with Crippen molar-refractivity contribution in [2.45, 2.75) is 6.92 Å². The zero-order chi connectivity index (χ0) is 14.3. The van der Waals surface area contributed by atoms with Gasteiger partial charge in [-0.15, -0.1) is 0 Å². The van der Waals surface area contributed by atoms with Crippen molar-refractivity contribution in [3.05, 3.63) is 35.4 Å². The Morgan fingerprint density at radius 3 is 2.47 bits per heavy atom. The van der Waals surface area contributed by atoms with Gasteiger partial charge in [0.05, 0.1) is 12.1 Å². The fourth-order valence-corrected chi connectivity index (χ4v) is 1.61. The predicted octanol–water partition coefficient (Wildman–Crippen LogP) is 1.95. The van der Waals surface area contributed by atoms with E-state index in [1.54, 1.807) is 17.0 Å². The molecule has 0 aromatic heterocycles. The molecule has 0 aliphatic heterocycles. The third-order valence-electron chi connectivity index (χ3n) is 2.55. The van der Waals surface area contributed by atoms with Gasteiger partial charge in [-0.05, 0) is 36.3 Å². The van der Waals surface area contributed by atoms with Gasteiger partial charge in [0.1, 0.15) is 13.1 Å². The summed E-state index contributed by atoms with van der Waals surface area (Å²) in [5.41, 5.74) is 2.45. The summed E-state index contributed by atoms with van der Waals surface area (Å²) in [6, 6.07) is 9.38. The first-order chi connectivity index (χ1) is 9.08. The number of aliphatic carboxylic acids is 1. The lowest BCUT2D eigenvalue weighted by atomic mass is 10.1. The molecule has 1 N–H and O–H groups in total. The van der Waals surface area contributed by atoms with Crippen LogP contribution in [0, 0.1) is 29.6 Å². The number of rotatable bonds is 5. The molecule has 0 fully saturated rings. The molecule has 0 radical (unpaired) electrons. The lowest BCUT2D eigenvalue weighted by Crippen LogP contribution is -2.23. The fraction of sp³-hybridized carbons (Fsp3) is 0.214. The molecule has 1 rings (SSSR count). The molecule has 19 heavy (non-hydrogen) atoms. The molecule has 0 amide bonds. The van der Waals surface area contributed by atoms with Crippen molar-refractivity contribution in [1.82, 2.24) is 0 Å². The van der Waals surface area contributed by atoms with E-state index in [1.165, 1.54) is 6.08 Å². The second kappa shape index (κ2) is 6.83. The van der Waals surface area contributed by atoms with E-state index < -0.39 is 5.97 Å². The summed E-state index contributed by atoms with van der Waals surface area (Å²) in [5, 5.41) is 26.0. The summed E-state index contributed by atoms with van der Waals surface area (Å²) in [4.78, 5) is 12.1. The van der Waals surface area contributed by atoms with Crippen molar-refractivity contribution in [2.24, 2.45) is 0 Å². The maximum absolute atomic E-state index is 10.5. The van der Waals surface area contributed by atoms with Crippen LogP contribution in [0.4, 0.5) is 5.69 Å². The quantitative estimate of drug-likeness (QED) is 0.641. The second-order valence-electron chi connectivity index (χ2n) is 3.88. The monoisotopic (exact) mass is 255 g/mol. The van der Waals surface area contributed by atoms with Gasteiger partial charge in [-0.25, -0.2) is 4.79 Å². The van der Waals surface area contributed by atoms with E-state index in [0.29, 0.717) is 0 Å². The highest BCUT2D eigenvalue weighted by atomic mass is 16.4. The van der Waals surface area contributed by atoms with Crippen molar-refractivity contribution in [3.63, 3.8) is 0 Å². The number of carbonyl (C=O) groups is 1. The first-order valence-corrected chi connectivity index (χ1v) is 5.59. The molecule has 5 heteroatoms. The lowest BCUT2D eigenvalue weighted by Gasteiger charge is -2.19. The van der Waals surface area contributed by atoms with Crippen LogP contribution in [0.15, 0.2) is 24.3 Å². The molecule has 5 nitrogen and oxygen atoms in total. The van der Waals surface area contributed by atoms with E-state index in [-0.39, 0.29) is 13.1 Å². The van der Waals surface area contributed by atoms with E-state index in [1.807, 2.05) is 25.1 Å². The summed E-state index contributed by atoms with van der Waals surface area (Å²) in [7, 11) is 0. The fourth-order valence-electron chi connectivity index (χ4n) is 1.61. The number of carboxylic acids is 1. The first kappa shape index (κ1) is 14.3. The lowest BCUT2D eigenvalue weighted by molar-refractivity contribution is -0.131. The molecule has 96 valence electrons. The van der Waals surface area contributed by atoms with Crippen molar-refractivity contribution < 1.29 is 9.90 Å². The van der Waals surface area contributed by atoms with Crippen LogP contribution in [0.3, 0.4) is 0 Å². The average molecular weight is 255 g/mol. The Kier molecular flexibility index (Phi) is 5.13. The van der Waals surface area contributed by atoms with Gasteiger partial charge < -0.3 is 10.0 Å². The summed E-state index contributed by atoms with van der Waals surface area (Å²) >= 11 is 0. The smallest absolute Gasteiger partial charge is 0.328 e. The molecule has 1 aromatic carbocycles. The summed E-state index contributed by atoms with van der Waals surface area (Å²) in [6.07, 6.45) is 2.59. The normalized spacial score (nSPS) is 9.84. The highest BCUT2D eigenvalue weighted by Gasteiger charge is 2.06. The maximum Gasteiger partial charge on any atom is 0.328 e. The first-order valence-electron chi connectivity index (χ1n) is 5.59. The van der Waals surface area contributed by atoms with E-state index in [2.05, 4.69) is 0 Å². The second-order valence-corrected chi connectivity index (χ2v) is 3.88. The van der Waals surface area contributed by atoms with Crippen molar-refractivity contribution >= 4 is 17.7 Å². The van der Waals surface area contributed by atoms with Gasteiger partial charge >= 0.3 is 5.97 Å². The molecule has 0 heterocycles. The van der Waals surface area contributed by atoms with Gasteiger partial charge in [-0.3, -0.25) is 0 Å². The molecule has 0 atom stereocenters. The topological polar surface area (TPSA) is 88.1 Å². The molecular weight excluding hydrogens is 242 g/mol. The standard InChI is InChI=1S/C14H13N3O2/c1-11-10-13(17(8-6-15)9-7-16)4-2-12(11)3-5-14(18)19/h2-5,10H,8-9H2,1H3,(H,18,19). The van der Waals surface area contributed by atoms with Gasteiger partial charge in [0, 0.05) is 11.8 Å². The SMILES string of the molecule is Cc1cc(N(CC#N)CC#N)ccc1C=CC(=O)O. The van der Waals surface area contributed by atoms with E-state index in [0.717, 1.165) is 22.9 Å². The Morgan fingerprint density at radius 2 is 2.00 bits per heavy atom. The number of hydrogen-bond donors (Lipinski definition) is 1. The zero-order valence-corrected chi connectivity index (χ0v) is 10.5. The highest BCUT2D eigenvalue weighted by molar-refractivity contribution is 5.85. The third-order valence-corrected chi connectivity index (χ3v) is 2.55. The van der Waals surface area contributed by atoms with Crippen LogP contribution < -0.4 is 4.90 Å². The van der Waals surface area contributed by atoms with Gasteiger partial charge in [-0.2, -0.15) is 10.5 Å². The van der Waals surface area contributed by atoms with E-state index in [4.69, 9.17) is 15.6 Å². The number of hydrogen-bond acceptors (Lipinski definition) is 4. The number of benzene rings is 1. The molecule has 0 bridgehead atoms. The van der Waals surface area contributed by atoms with Crippen LogP contribution in [-0.2, 0) is 4.79 Å². The largest absolute Gasteiger partial charge is 0.478 e. The summed E-state index contributed by atoms with van der Waals surface area (Å²) < 4.78 is 0. The molecular formula is C14H13N3O2. The summed E-state index contributed by atoms with van der Waals surface area (Å²) in [6.45, 7) is 2.12. The highest BCUT2D eigenvalue weighted by Crippen LogP contribution is 2.20. The van der Waals surface area contributed by atoms with Gasteiger partial charge in [0.2, 0.25) is 0 Å². The van der Waals surface area contributed by atoms with Crippen LogP contribution >= 0.6 is 0 Å². The minimum Gasteiger partial charge on any atom is -0.478 e. The number of carboxylic acid groups (broad SMARTS) is 1. The third kappa shape index (κ3) is 4.18. The van der Waals surface area contributed by atoms with Gasteiger partial charge in [0.15, 0.2) is 0 Å². The molecule has 0 unspecified atom stereocenters. The van der Waals surface area contributed by atoms with Crippen molar-refractivity contribution in [2.75, 3.05) is 18.0 Å². The number of nitrogens with zero attached hydrogens (tertiary/aromatic N) is 3. The zero-order valence-electron chi connectivity index (χ0n) is 10.5. The van der Waals surface area contributed by atoms with Crippen LogP contribution in [-0.4, -0.2) is 24.2 Å². The van der Waals surface area contributed by atoms with Crippen LogP contribution in [0.2, 0.25) is 0 Å². The van der Waals surface area contributed by atoms with Crippen LogP contribution in [0.25, 0.3) is 6.08 Å². The Hall–Kier alpha value is -2.79. The van der Waals surface area contributed by atoms with Crippen LogP contribution in [0.5, 0.6) is 0 Å². The van der Waals surface area contributed by atoms with Crippen molar-refractivity contribution in [1.29, 1.82) is 10.5 Å². The maximum atomic E-state index is 10.5. The van der Waals surface area contributed by atoms with Crippen molar-refractivity contribution in [3.8, 4) is 12.1 Å². The molecule has 1 aromatic rings. The average Bonchev–Trinajstić information content (AvgIpc) is 2.37. The predicted molar refractivity (Wildman–Crippen MR) is 71.3 cm³/mol. The minimum absolute atomic E-state index is 0.136. The Bertz CT molecular complexity index is 563. The molecule has 0 saturated carbocycles. The molecule has 0 aliphatic carbocycles. The molecule has 0 spiro atoms. The summed E-state index contributed by atoms with van der Waals surface area (Å²) in [5.74, 6) is -1.00. The van der Waals surface area contributed by atoms with E-state index in [9.17, 15) is 4.79 Å². The Morgan fingerprint density at radius 1 is 1.37 bits per heavy atom. The van der Waals surface area contributed by atoms with E-state index >= 15 is 0 Å². The number of aryl methyl sites for hydroxylation is 1. The molecule has 0 saturated heterocycles. The number of anilines is 1. The minimum atomic E-state index is -1.00. The number of nitriles is 2. The van der Waals surface area contributed by atoms with Gasteiger partial charge in [-0.1, -0.05) is 6.07 Å².